The van der Waals surface area contributed by atoms with Crippen LogP contribution in [-0.4, -0.2) is 51.0 Å². The molecule has 1 saturated carbocycles. The van der Waals surface area contributed by atoms with E-state index in [1.54, 1.807) is 12.1 Å². The molecule has 1 aliphatic rings. The molecule has 1 heterocycles. The zero-order valence-electron chi connectivity index (χ0n) is 19.3. The van der Waals surface area contributed by atoms with Crippen molar-refractivity contribution >= 4 is 17.7 Å². The Morgan fingerprint density at radius 2 is 1.87 bits per heavy atom. The second-order valence-electron chi connectivity index (χ2n) is 8.93. The van der Waals surface area contributed by atoms with Gasteiger partial charge in [0.25, 0.3) is 0 Å². The molecule has 0 saturated heterocycles. The largest absolute Gasteiger partial charge is 0.352 e. The van der Waals surface area contributed by atoms with Crippen molar-refractivity contribution in [2.24, 2.45) is 11.8 Å². The third kappa shape index (κ3) is 5.47. The highest BCUT2D eigenvalue weighted by atomic mass is 32.2. The van der Waals surface area contributed by atoms with Crippen LogP contribution in [0.15, 0.2) is 29.4 Å². The first kappa shape index (κ1) is 23.7. The van der Waals surface area contributed by atoms with Gasteiger partial charge in [0.1, 0.15) is 5.82 Å². The number of benzene rings is 1. The lowest BCUT2D eigenvalue weighted by molar-refractivity contribution is -0.121. The Labute approximate surface area is 189 Å². The number of aromatic nitrogens is 3. The van der Waals surface area contributed by atoms with Gasteiger partial charge in [-0.25, -0.2) is 4.39 Å². The zero-order valence-corrected chi connectivity index (χ0v) is 20.1. The Hall–Kier alpha value is -1.93. The SMILES string of the molecule is C[C@@H]1[C@H](C)CCC[C@H]1NC(=O)[C@H](C)Sc1nnc([C@H](C)N(C)C)n1-c1ccc(F)cc1. The summed E-state index contributed by atoms with van der Waals surface area (Å²) < 4.78 is 15.4. The molecule has 0 spiro atoms. The predicted octanol–water partition coefficient (Wildman–Crippen LogP) is 4.45. The first-order valence-electron chi connectivity index (χ1n) is 11.0. The van der Waals surface area contributed by atoms with Gasteiger partial charge in [0.05, 0.1) is 11.3 Å². The molecule has 0 bridgehead atoms. The van der Waals surface area contributed by atoms with Crippen LogP contribution in [0.3, 0.4) is 0 Å². The molecule has 2 aromatic rings. The van der Waals surface area contributed by atoms with E-state index in [1.165, 1.54) is 30.3 Å². The lowest BCUT2D eigenvalue weighted by atomic mass is 9.78. The Kier molecular flexibility index (Phi) is 7.75. The average Bonchev–Trinajstić information content (AvgIpc) is 3.14. The number of carbonyl (C=O) groups excluding carboxylic acids is 1. The number of nitrogens with zero attached hydrogens (tertiary/aromatic N) is 4. The van der Waals surface area contributed by atoms with Crippen molar-refractivity contribution < 1.29 is 9.18 Å². The normalized spacial score (nSPS) is 23.5. The topological polar surface area (TPSA) is 63.1 Å². The summed E-state index contributed by atoms with van der Waals surface area (Å²) in [5.74, 6) is 1.58. The monoisotopic (exact) mass is 447 g/mol. The van der Waals surface area contributed by atoms with Crippen LogP contribution in [-0.2, 0) is 4.79 Å². The number of rotatable bonds is 7. The Morgan fingerprint density at radius 1 is 1.19 bits per heavy atom. The van der Waals surface area contributed by atoms with E-state index >= 15 is 0 Å². The Bertz CT molecular complexity index is 885. The molecule has 0 aliphatic heterocycles. The van der Waals surface area contributed by atoms with Crippen LogP contribution in [0.2, 0.25) is 0 Å². The Morgan fingerprint density at radius 3 is 2.52 bits per heavy atom. The standard InChI is InChI=1S/C23H34FN5OS/c1-14-8-7-9-20(15(14)2)25-22(30)17(4)31-23-27-26-21(16(3)28(5)6)29(23)19-12-10-18(24)11-13-19/h10-17,20H,7-9H2,1-6H3,(H,25,30)/t14-,15-,16+,17+,20-/m1/s1. The molecule has 1 aromatic carbocycles. The highest BCUT2D eigenvalue weighted by Crippen LogP contribution is 2.32. The molecule has 3 rings (SSSR count). The summed E-state index contributed by atoms with van der Waals surface area (Å²) in [6.07, 6.45) is 3.42. The number of thioether (sulfide) groups is 1. The number of nitrogens with one attached hydrogen (secondary N) is 1. The molecule has 170 valence electrons. The smallest absolute Gasteiger partial charge is 0.233 e. The van der Waals surface area contributed by atoms with E-state index in [1.807, 2.05) is 37.4 Å². The summed E-state index contributed by atoms with van der Waals surface area (Å²) in [6.45, 7) is 8.43. The third-order valence-electron chi connectivity index (χ3n) is 6.58. The van der Waals surface area contributed by atoms with Gasteiger partial charge in [0.2, 0.25) is 5.91 Å². The van der Waals surface area contributed by atoms with E-state index in [2.05, 4.69) is 29.4 Å². The molecule has 1 aliphatic carbocycles. The van der Waals surface area contributed by atoms with Gasteiger partial charge in [-0.3, -0.25) is 14.3 Å². The summed E-state index contributed by atoms with van der Waals surface area (Å²) in [5, 5.41) is 12.4. The van der Waals surface area contributed by atoms with Crippen LogP contribution in [0.5, 0.6) is 0 Å². The summed E-state index contributed by atoms with van der Waals surface area (Å²) in [7, 11) is 3.95. The van der Waals surface area contributed by atoms with Crippen molar-refractivity contribution in [2.75, 3.05) is 14.1 Å². The van der Waals surface area contributed by atoms with Gasteiger partial charge in [-0.05, 0) is 70.5 Å². The van der Waals surface area contributed by atoms with Crippen molar-refractivity contribution in [3.05, 3.63) is 35.9 Å². The predicted molar refractivity (Wildman–Crippen MR) is 123 cm³/mol. The summed E-state index contributed by atoms with van der Waals surface area (Å²) in [4.78, 5) is 15.0. The van der Waals surface area contributed by atoms with Crippen molar-refractivity contribution in [3.8, 4) is 5.69 Å². The number of hydrogen-bond donors (Lipinski definition) is 1. The second kappa shape index (κ2) is 10.1. The zero-order chi connectivity index (χ0) is 22.7. The molecule has 0 radical (unpaired) electrons. The van der Waals surface area contributed by atoms with Gasteiger partial charge >= 0.3 is 0 Å². The van der Waals surface area contributed by atoms with Crippen LogP contribution in [0.1, 0.15) is 58.8 Å². The summed E-state index contributed by atoms with van der Waals surface area (Å²) in [6, 6.07) is 6.50. The van der Waals surface area contributed by atoms with Crippen LogP contribution >= 0.6 is 11.8 Å². The molecule has 1 aromatic heterocycles. The van der Waals surface area contributed by atoms with E-state index in [0.717, 1.165) is 24.4 Å². The minimum Gasteiger partial charge on any atom is -0.352 e. The van der Waals surface area contributed by atoms with Crippen LogP contribution in [0.4, 0.5) is 4.39 Å². The average molecular weight is 448 g/mol. The van der Waals surface area contributed by atoms with Gasteiger partial charge in [0.15, 0.2) is 11.0 Å². The molecule has 8 heteroatoms. The lowest BCUT2D eigenvalue weighted by Gasteiger charge is -2.35. The first-order valence-corrected chi connectivity index (χ1v) is 11.9. The maximum absolute atomic E-state index is 13.5. The maximum Gasteiger partial charge on any atom is 0.233 e. The number of hydrogen-bond acceptors (Lipinski definition) is 5. The van der Waals surface area contributed by atoms with E-state index in [0.29, 0.717) is 17.0 Å². The fourth-order valence-electron chi connectivity index (χ4n) is 3.99. The third-order valence-corrected chi connectivity index (χ3v) is 7.62. The molecular formula is C23H34FN5OS. The molecule has 1 amide bonds. The molecule has 0 unspecified atom stereocenters. The van der Waals surface area contributed by atoms with E-state index in [4.69, 9.17) is 0 Å². The molecule has 1 N–H and O–H groups in total. The summed E-state index contributed by atoms with van der Waals surface area (Å²) >= 11 is 1.38. The highest BCUT2D eigenvalue weighted by molar-refractivity contribution is 8.00. The fraction of sp³-hybridized carbons (Fsp3) is 0.609. The van der Waals surface area contributed by atoms with Crippen molar-refractivity contribution in [1.29, 1.82) is 0 Å². The number of amides is 1. The summed E-state index contributed by atoms with van der Waals surface area (Å²) in [5.41, 5.74) is 0.778. The van der Waals surface area contributed by atoms with Gasteiger partial charge < -0.3 is 5.32 Å². The molecular weight excluding hydrogens is 413 g/mol. The minimum absolute atomic E-state index is 0.000566. The highest BCUT2D eigenvalue weighted by Gasteiger charge is 2.30. The van der Waals surface area contributed by atoms with Crippen LogP contribution in [0.25, 0.3) is 5.69 Å². The van der Waals surface area contributed by atoms with Gasteiger partial charge in [0, 0.05) is 11.7 Å². The molecule has 31 heavy (non-hydrogen) atoms. The maximum atomic E-state index is 13.5. The Balaban J connectivity index is 1.81. The second-order valence-corrected chi connectivity index (χ2v) is 10.2. The van der Waals surface area contributed by atoms with E-state index < -0.39 is 0 Å². The lowest BCUT2D eigenvalue weighted by Crippen LogP contribution is -2.46. The van der Waals surface area contributed by atoms with Crippen molar-refractivity contribution in [2.45, 2.75) is 69.4 Å². The first-order chi connectivity index (χ1) is 14.7. The van der Waals surface area contributed by atoms with Gasteiger partial charge in [-0.15, -0.1) is 10.2 Å². The minimum atomic E-state index is -0.324. The van der Waals surface area contributed by atoms with E-state index in [9.17, 15) is 9.18 Å². The van der Waals surface area contributed by atoms with Gasteiger partial charge in [-0.1, -0.05) is 38.5 Å². The molecule has 6 nitrogen and oxygen atoms in total. The van der Waals surface area contributed by atoms with Crippen molar-refractivity contribution in [1.82, 2.24) is 25.0 Å². The van der Waals surface area contributed by atoms with E-state index in [-0.39, 0.29) is 29.1 Å². The fourth-order valence-corrected chi connectivity index (χ4v) is 4.87. The quantitative estimate of drug-likeness (QED) is 0.636. The number of halogens is 1. The van der Waals surface area contributed by atoms with Crippen LogP contribution in [0, 0.1) is 17.7 Å². The van der Waals surface area contributed by atoms with Gasteiger partial charge in [-0.2, -0.15) is 0 Å². The number of carbonyl (C=O) groups is 1. The van der Waals surface area contributed by atoms with Crippen LogP contribution < -0.4 is 5.32 Å². The van der Waals surface area contributed by atoms with Crippen molar-refractivity contribution in [3.63, 3.8) is 0 Å². The molecule has 5 atom stereocenters. The molecule has 1 fully saturated rings.